The molecule has 38 heavy (non-hydrogen) atoms. The van der Waals surface area contributed by atoms with Gasteiger partial charge in [0.25, 0.3) is 5.91 Å². The van der Waals surface area contributed by atoms with Gasteiger partial charge in [-0.25, -0.2) is 18.2 Å². The zero-order valence-corrected chi connectivity index (χ0v) is 22.1. The molecule has 0 saturated heterocycles. The van der Waals surface area contributed by atoms with Crippen molar-refractivity contribution in [1.29, 1.82) is 0 Å². The largest absolute Gasteiger partial charge is 0.471 e. The summed E-state index contributed by atoms with van der Waals surface area (Å²) in [6.07, 6.45) is 7.03. The molecule has 1 amide bonds. The molecule has 1 aliphatic carbocycles. The van der Waals surface area contributed by atoms with Gasteiger partial charge in [-0.3, -0.25) is 4.79 Å². The Morgan fingerprint density at radius 3 is 2.58 bits per heavy atom. The number of carbonyl (C=O) groups excluding carboxylic acids is 1. The molecule has 3 N–H and O–H groups in total. The Balaban J connectivity index is 1.48. The fraction of sp³-hybridized carbons (Fsp3) is 0.517. The maximum absolute atomic E-state index is 14.1. The first-order valence-electron chi connectivity index (χ1n) is 13.1. The van der Waals surface area contributed by atoms with Gasteiger partial charge in [0.05, 0.1) is 17.7 Å². The van der Waals surface area contributed by atoms with Crippen LogP contribution in [0.1, 0.15) is 80.4 Å². The lowest BCUT2D eigenvalue weighted by molar-refractivity contribution is -0.0420. The van der Waals surface area contributed by atoms with Crippen LogP contribution in [0.15, 0.2) is 37.1 Å². The highest BCUT2D eigenvalue weighted by atomic mass is 19.2. The van der Waals surface area contributed by atoms with Crippen molar-refractivity contribution in [2.24, 2.45) is 5.41 Å². The number of carbonyl (C=O) groups is 1. The third-order valence-corrected chi connectivity index (χ3v) is 7.23. The van der Waals surface area contributed by atoms with Crippen molar-refractivity contribution < 1.29 is 27.8 Å². The lowest BCUT2D eigenvalue weighted by Gasteiger charge is -2.47. The summed E-state index contributed by atoms with van der Waals surface area (Å²) >= 11 is 0. The summed E-state index contributed by atoms with van der Waals surface area (Å²) < 4.78 is 47.3. The van der Waals surface area contributed by atoms with Gasteiger partial charge in [-0.05, 0) is 55.2 Å². The molecule has 1 spiro atoms. The summed E-state index contributed by atoms with van der Waals surface area (Å²) in [5.41, 5.74) is 1.21. The van der Waals surface area contributed by atoms with Crippen LogP contribution < -0.4 is 15.4 Å². The molecule has 9 heteroatoms. The van der Waals surface area contributed by atoms with Gasteiger partial charge < -0.3 is 20.5 Å². The first-order valence-corrected chi connectivity index (χ1v) is 13.1. The predicted octanol–water partition coefficient (Wildman–Crippen LogP) is 5.16. The molecule has 1 aromatic carbocycles. The molecular formula is C29H36F3N3O3. The van der Waals surface area contributed by atoms with Crippen LogP contribution in [-0.4, -0.2) is 40.3 Å². The molecule has 1 aromatic heterocycles. The number of hydrogen-bond acceptors (Lipinski definition) is 5. The van der Waals surface area contributed by atoms with Gasteiger partial charge in [-0.1, -0.05) is 26.8 Å². The average Bonchev–Trinajstić information content (AvgIpc) is 2.82. The van der Waals surface area contributed by atoms with Crippen LogP contribution in [0.4, 0.5) is 13.2 Å². The molecule has 1 saturated carbocycles. The monoisotopic (exact) mass is 531 g/mol. The molecule has 0 bridgehead atoms. The van der Waals surface area contributed by atoms with Gasteiger partial charge in [0, 0.05) is 36.8 Å². The quantitative estimate of drug-likeness (QED) is 0.308. The molecule has 3 atom stereocenters. The number of aliphatic hydroxyl groups excluding tert-OH is 1. The van der Waals surface area contributed by atoms with E-state index in [9.17, 15) is 23.1 Å². The maximum atomic E-state index is 14.1. The van der Waals surface area contributed by atoms with Gasteiger partial charge in [0.2, 0.25) is 5.88 Å². The lowest BCUT2D eigenvalue weighted by atomic mass is 9.73. The number of rotatable bonds is 9. The highest BCUT2D eigenvalue weighted by Gasteiger charge is 2.46. The highest BCUT2D eigenvalue weighted by Crippen LogP contribution is 2.48. The van der Waals surface area contributed by atoms with E-state index in [2.05, 4.69) is 49.0 Å². The number of fused-ring (bicyclic) bond motifs is 1. The maximum Gasteiger partial charge on any atom is 0.254 e. The van der Waals surface area contributed by atoms with E-state index in [1.807, 2.05) is 6.20 Å². The third-order valence-electron chi connectivity index (χ3n) is 7.23. The van der Waals surface area contributed by atoms with E-state index in [-0.39, 0.29) is 30.0 Å². The molecule has 2 heterocycles. The minimum atomic E-state index is -1.38. The molecule has 1 fully saturated rings. The number of aromatic nitrogens is 1. The summed E-state index contributed by atoms with van der Waals surface area (Å²) in [5, 5.41) is 17.0. The Hall–Kier alpha value is -2.91. The minimum Gasteiger partial charge on any atom is -0.471 e. The Bertz CT molecular complexity index is 1190. The molecule has 1 aliphatic heterocycles. The number of amides is 1. The molecule has 0 unspecified atom stereocenters. The second kappa shape index (κ2) is 11.1. The van der Waals surface area contributed by atoms with E-state index in [4.69, 9.17) is 4.74 Å². The number of nitrogens with one attached hydrogen (secondary N) is 2. The summed E-state index contributed by atoms with van der Waals surface area (Å²) in [5.74, 6) is -4.25. The van der Waals surface area contributed by atoms with Gasteiger partial charge in [-0.2, -0.15) is 0 Å². The number of aliphatic hydroxyl groups is 1. The number of ether oxygens (including phenoxy) is 1. The van der Waals surface area contributed by atoms with Gasteiger partial charge in [0.1, 0.15) is 11.4 Å². The van der Waals surface area contributed by atoms with Crippen molar-refractivity contribution >= 4 is 5.91 Å². The predicted molar refractivity (Wildman–Crippen MR) is 138 cm³/mol. The van der Waals surface area contributed by atoms with Gasteiger partial charge >= 0.3 is 0 Å². The van der Waals surface area contributed by atoms with E-state index in [1.54, 1.807) is 0 Å². The van der Waals surface area contributed by atoms with E-state index < -0.39 is 41.1 Å². The fourth-order valence-corrected chi connectivity index (χ4v) is 5.19. The number of halogens is 3. The van der Waals surface area contributed by atoms with Crippen LogP contribution in [0, 0.1) is 22.9 Å². The van der Waals surface area contributed by atoms with E-state index >= 15 is 0 Å². The summed E-state index contributed by atoms with van der Waals surface area (Å²) in [6.45, 7) is 10.3. The Labute approximate surface area is 221 Å². The minimum absolute atomic E-state index is 0.0861. The Morgan fingerprint density at radius 1 is 1.24 bits per heavy atom. The van der Waals surface area contributed by atoms with Crippen molar-refractivity contribution in [3.8, 4) is 5.88 Å². The van der Waals surface area contributed by atoms with Crippen molar-refractivity contribution in [2.75, 3.05) is 6.54 Å². The van der Waals surface area contributed by atoms with Crippen LogP contribution in [0.2, 0.25) is 0 Å². The summed E-state index contributed by atoms with van der Waals surface area (Å²) in [7, 11) is 0. The number of nitrogens with zero attached hydrogens (tertiary/aromatic N) is 1. The second-order valence-electron chi connectivity index (χ2n) is 11.7. The third kappa shape index (κ3) is 6.38. The number of benzene rings is 1. The second-order valence-corrected chi connectivity index (χ2v) is 11.7. The van der Waals surface area contributed by atoms with E-state index in [0.29, 0.717) is 18.0 Å². The van der Waals surface area contributed by atoms with E-state index in [1.165, 1.54) is 6.08 Å². The Morgan fingerprint density at radius 2 is 1.95 bits per heavy atom. The molecule has 206 valence electrons. The van der Waals surface area contributed by atoms with Crippen molar-refractivity contribution in [3.63, 3.8) is 0 Å². The number of hydrogen-bond donors (Lipinski definition) is 3. The molecule has 6 nitrogen and oxygen atoms in total. The Kier molecular flexibility index (Phi) is 8.18. The van der Waals surface area contributed by atoms with Gasteiger partial charge in [0.15, 0.2) is 11.6 Å². The van der Waals surface area contributed by atoms with Crippen LogP contribution in [-0.2, 0) is 6.42 Å². The van der Waals surface area contributed by atoms with Crippen molar-refractivity contribution in [3.05, 3.63) is 71.2 Å². The SMILES string of the molecule is C=CC[C@H](NC(=O)c1cc(F)c(F)cc1F)[C@H](O)CN[C@H]1CC2(CCC2)Oc2ncc(CC(C)(C)C)cc21. The van der Waals surface area contributed by atoms with Crippen LogP contribution in [0.25, 0.3) is 0 Å². The summed E-state index contributed by atoms with van der Waals surface area (Å²) in [6, 6.07) is 1.99. The average molecular weight is 532 g/mol. The molecular weight excluding hydrogens is 495 g/mol. The molecule has 2 aliphatic rings. The zero-order chi connectivity index (χ0) is 27.7. The first-order chi connectivity index (χ1) is 17.9. The molecule has 0 radical (unpaired) electrons. The van der Waals surface area contributed by atoms with Crippen LogP contribution in [0.5, 0.6) is 5.88 Å². The van der Waals surface area contributed by atoms with Crippen LogP contribution in [0.3, 0.4) is 0 Å². The van der Waals surface area contributed by atoms with Crippen LogP contribution >= 0.6 is 0 Å². The van der Waals surface area contributed by atoms with Gasteiger partial charge in [-0.15, -0.1) is 6.58 Å². The van der Waals surface area contributed by atoms with Crippen molar-refractivity contribution in [2.45, 2.75) is 83.1 Å². The smallest absolute Gasteiger partial charge is 0.254 e. The lowest BCUT2D eigenvalue weighted by Crippen LogP contribution is -2.52. The molecule has 2 aromatic rings. The standard InChI is InChI=1S/C29H36F3N3O3/c1-5-7-23(35-26(37)18-11-21(31)22(32)12-20(18)30)25(36)16-33-24-14-29(8-6-9-29)38-27-19(24)10-17(15-34-27)13-28(2,3)4/h5,10-12,15,23-25,33,36H,1,6-9,13-14,16H2,2-4H3,(H,35,37)/t23-,24-,25+/m0/s1. The highest BCUT2D eigenvalue weighted by molar-refractivity contribution is 5.94. The summed E-state index contributed by atoms with van der Waals surface area (Å²) in [4.78, 5) is 17.3. The normalized spacial score (nSPS) is 19.6. The fourth-order valence-electron chi connectivity index (χ4n) is 5.19. The molecule has 4 rings (SSSR count). The topological polar surface area (TPSA) is 83.5 Å². The number of pyridine rings is 1. The zero-order valence-electron chi connectivity index (χ0n) is 22.1. The van der Waals surface area contributed by atoms with Crippen molar-refractivity contribution in [1.82, 2.24) is 15.6 Å². The first kappa shape index (κ1) is 28.1. The van der Waals surface area contributed by atoms with E-state index in [0.717, 1.165) is 43.2 Å².